The van der Waals surface area contributed by atoms with Crippen LogP contribution in [-0.4, -0.2) is 24.0 Å². The van der Waals surface area contributed by atoms with E-state index in [2.05, 4.69) is 28.7 Å². The zero-order chi connectivity index (χ0) is 17.9. The number of hydrogen-bond acceptors (Lipinski definition) is 5. The van der Waals surface area contributed by atoms with Crippen molar-refractivity contribution < 1.29 is 9.90 Å². The summed E-state index contributed by atoms with van der Waals surface area (Å²) in [4.78, 5) is 11.5. The minimum atomic E-state index is -0.272. The number of phenols is 1. The number of phenolic OH excluding ortho intramolecular Hbond substituents is 1. The van der Waals surface area contributed by atoms with E-state index in [1.807, 2.05) is 0 Å². The minimum absolute atomic E-state index is 0.0250. The predicted molar refractivity (Wildman–Crippen MR) is 97.5 cm³/mol. The number of Topliss-reactive ketones (excluding diaryl/α,β-unsaturated/α-hetero) is 1. The predicted octanol–water partition coefficient (Wildman–Crippen LogP) is 4.01. The highest BCUT2D eigenvalue weighted by Crippen LogP contribution is 2.28. The molecule has 1 rings (SSSR count). The summed E-state index contributed by atoms with van der Waals surface area (Å²) in [6.07, 6.45) is 8.89. The Hall–Kier alpha value is -2.79. The number of rotatable bonds is 9. The van der Waals surface area contributed by atoms with Gasteiger partial charge in [-0.1, -0.05) is 37.5 Å². The van der Waals surface area contributed by atoms with E-state index in [9.17, 15) is 9.90 Å². The number of benzene rings is 1. The normalized spacial score (nSPS) is 13.3. The number of carbonyl (C=O) groups excluding carboxylic acids is 1. The van der Waals surface area contributed by atoms with Gasteiger partial charge in [-0.05, 0) is 50.2 Å². The van der Waals surface area contributed by atoms with Gasteiger partial charge < -0.3 is 10.4 Å². The van der Waals surface area contributed by atoms with Crippen molar-refractivity contribution in [3.63, 3.8) is 0 Å². The Labute approximate surface area is 142 Å². The van der Waals surface area contributed by atoms with Crippen LogP contribution in [0.5, 0.6) is 5.75 Å². The molecule has 0 saturated heterocycles. The molecule has 0 saturated carbocycles. The summed E-state index contributed by atoms with van der Waals surface area (Å²) in [6, 6.07) is 4.76. The number of nitrogens with zero attached hydrogens (tertiary/aromatic N) is 2. The Kier molecular flexibility index (Phi) is 8.08. The van der Waals surface area contributed by atoms with Gasteiger partial charge in [0.1, 0.15) is 17.2 Å². The lowest BCUT2D eigenvalue weighted by Gasteiger charge is -2.13. The number of nitrogens with one attached hydrogen (secondary N) is 1. The van der Waals surface area contributed by atoms with Crippen LogP contribution in [0.2, 0.25) is 0 Å². The fourth-order valence-corrected chi connectivity index (χ4v) is 1.98. The molecule has 0 heterocycles. The Morgan fingerprint density at radius 2 is 2.12 bits per heavy atom. The maximum Gasteiger partial charge on any atom is 0.147 e. The highest BCUT2D eigenvalue weighted by atomic mass is 16.3. The van der Waals surface area contributed by atoms with Crippen LogP contribution in [-0.2, 0) is 11.2 Å². The summed E-state index contributed by atoms with van der Waals surface area (Å²) < 4.78 is 0. The van der Waals surface area contributed by atoms with E-state index in [4.69, 9.17) is 0 Å². The average molecular weight is 325 g/mol. The largest absolute Gasteiger partial charge is 0.506 e. The molecule has 1 atom stereocenters. The van der Waals surface area contributed by atoms with Crippen molar-refractivity contribution in [2.75, 3.05) is 7.05 Å². The van der Waals surface area contributed by atoms with E-state index in [0.29, 0.717) is 17.8 Å². The van der Waals surface area contributed by atoms with Crippen LogP contribution in [0.4, 0.5) is 5.69 Å². The second kappa shape index (κ2) is 10.1. The zero-order valence-electron chi connectivity index (χ0n) is 14.1. The maximum absolute atomic E-state index is 11.5. The SMILES string of the molecule is C=C\C=C/C(=C\C=C)/N=N/c1cc(CC(NC)C(C)=O)ccc1O. The van der Waals surface area contributed by atoms with Crippen molar-refractivity contribution >= 4 is 11.5 Å². The van der Waals surface area contributed by atoms with Crippen LogP contribution < -0.4 is 5.32 Å². The van der Waals surface area contributed by atoms with E-state index in [1.165, 1.54) is 0 Å². The van der Waals surface area contributed by atoms with Crippen molar-refractivity contribution in [1.29, 1.82) is 0 Å². The third kappa shape index (κ3) is 6.14. The Morgan fingerprint density at radius 3 is 2.71 bits per heavy atom. The van der Waals surface area contributed by atoms with Crippen molar-refractivity contribution in [3.05, 3.63) is 73.0 Å². The first-order valence-corrected chi connectivity index (χ1v) is 7.55. The van der Waals surface area contributed by atoms with Crippen LogP contribution in [0.1, 0.15) is 12.5 Å². The molecule has 5 nitrogen and oxygen atoms in total. The smallest absolute Gasteiger partial charge is 0.147 e. The summed E-state index contributed by atoms with van der Waals surface area (Å²) in [5, 5.41) is 21.1. The molecule has 5 heteroatoms. The highest BCUT2D eigenvalue weighted by molar-refractivity contribution is 5.81. The Balaban J connectivity index is 3.04. The van der Waals surface area contributed by atoms with Crippen LogP contribution in [0.3, 0.4) is 0 Å². The van der Waals surface area contributed by atoms with Crippen LogP contribution in [0.25, 0.3) is 0 Å². The molecule has 24 heavy (non-hydrogen) atoms. The van der Waals surface area contributed by atoms with Gasteiger partial charge in [-0.2, -0.15) is 5.11 Å². The summed E-state index contributed by atoms with van der Waals surface area (Å²) in [5.74, 6) is 0.0801. The fourth-order valence-electron chi connectivity index (χ4n) is 1.98. The van der Waals surface area contributed by atoms with E-state index >= 15 is 0 Å². The molecular formula is C19H23N3O2. The molecular weight excluding hydrogens is 302 g/mol. The number of likely N-dealkylation sites (N-methyl/N-ethyl adjacent to an activating group) is 1. The lowest BCUT2D eigenvalue weighted by Crippen LogP contribution is -2.34. The molecule has 126 valence electrons. The van der Waals surface area contributed by atoms with Crippen molar-refractivity contribution in [2.45, 2.75) is 19.4 Å². The third-order valence-electron chi connectivity index (χ3n) is 3.28. The maximum atomic E-state index is 11.5. The Morgan fingerprint density at radius 1 is 1.38 bits per heavy atom. The van der Waals surface area contributed by atoms with Crippen molar-refractivity contribution in [2.24, 2.45) is 10.2 Å². The summed E-state index contributed by atoms with van der Waals surface area (Å²) in [5.41, 5.74) is 1.80. The number of aromatic hydroxyl groups is 1. The number of ketones is 1. The van der Waals surface area contributed by atoms with Gasteiger partial charge in [0.15, 0.2) is 0 Å². The monoisotopic (exact) mass is 325 g/mol. The van der Waals surface area contributed by atoms with E-state index < -0.39 is 0 Å². The number of allylic oxidation sites excluding steroid dienone is 5. The van der Waals surface area contributed by atoms with Gasteiger partial charge >= 0.3 is 0 Å². The molecule has 1 unspecified atom stereocenters. The summed E-state index contributed by atoms with van der Waals surface area (Å²) >= 11 is 0. The molecule has 0 aliphatic rings. The first-order chi connectivity index (χ1) is 11.5. The molecule has 0 bridgehead atoms. The van der Waals surface area contributed by atoms with Gasteiger partial charge in [0, 0.05) is 0 Å². The van der Waals surface area contributed by atoms with Crippen molar-refractivity contribution in [3.8, 4) is 5.75 Å². The van der Waals surface area contributed by atoms with E-state index in [1.54, 1.807) is 62.6 Å². The average Bonchev–Trinajstić information content (AvgIpc) is 2.56. The number of hydrogen-bond donors (Lipinski definition) is 2. The van der Waals surface area contributed by atoms with Gasteiger partial charge in [-0.25, -0.2) is 0 Å². The number of carbonyl (C=O) groups is 1. The molecule has 0 radical (unpaired) electrons. The molecule has 0 spiro atoms. The van der Waals surface area contributed by atoms with Crippen LogP contribution in [0.15, 0.2) is 77.7 Å². The first-order valence-electron chi connectivity index (χ1n) is 7.55. The topological polar surface area (TPSA) is 74.0 Å². The molecule has 0 fully saturated rings. The second-order valence-electron chi connectivity index (χ2n) is 5.10. The Bertz CT molecular complexity index is 688. The second-order valence-corrected chi connectivity index (χ2v) is 5.10. The van der Waals surface area contributed by atoms with Crippen LogP contribution in [0, 0.1) is 0 Å². The molecule has 0 aliphatic carbocycles. The molecule has 2 N–H and O–H groups in total. The lowest BCUT2D eigenvalue weighted by molar-refractivity contribution is -0.118. The zero-order valence-corrected chi connectivity index (χ0v) is 14.1. The van der Waals surface area contributed by atoms with E-state index in [0.717, 1.165) is 5.56 Å². The molecule has 0 aliphatic heterocycles. The van der Waals surface area contributed by atoms with Gasteiger partial charge in [-0.15, -0.1) is 5.11 Å². The summed E-state index contributed by atoms with van der Waals surface area (Å²) in [7, 11) is 1.74. The van der Waals surface area contributed by atoms with Gasteiger partial charge in [0.05, 0.1) is 11.7 Å². The summed E-state index contributed by atoms with van der Waals surface area (Å²) in [6.45, 7) is 8.77. The molecule has 1 aromatic rings. The van der Waals surface area contributed by atoms with E-state index in [-0.39, 0.29) is 17.6 Å². The quantitative estimate of drug-likeness (QED) is 0.532. The van der Waals surface area contributed by atoms with Gasteiger partial charge in [-0.3, -0.25) is 4.79 Å². The molecule has 0 amide bonds. The molecule has 0 aromatic heterocycles. The fraction of sp³-hybridized carbons (Fsp3) is 0.211. The standard InChI is InChI=1S/C19H23N3O2/c1-5-7-9-16(8-6-2)21-22-18-13-15(10-11-19(18)24)12-17(20-4)14(3)23/h5-11,13,17,20,24H,1-2,12H2,3-4H3/b9-7-,16-8+,22-21+. The first kappa shape index (κ1) is 19.3. The molecule has 1 aromatic carbocycles. The highest BCUT2D eigenvalue weighted by Gasteiger charge is 2.13. The number of azo groups is 1. The minimum Gasteiger partial charge on any atom is -0.506 e. The lowest BCUT2D eigenvalue weighted by atomic mass is 10.0. The van der Waals surface area contributed by atoms with Crippen molar-refractivity contribution in [1.82, 2.24) is 5.32 Å². The third-order valence-corrected chi connectivity index (χ3v) is 3.28. The van der Waals surface area contributed by atoms with Gasteiger partial charge in [0.25, 0.3) is 0 Å². The van der Waals surface area contributed by atoms with Gasteiger partial charge in [0.2, 0.25) is 0 Å². The van der Waals surface area contributed by atoms with Crippen LogP contribution >= 0.6 is 0 Å².